The van der Waals surface area contributed by atoms with Crippen molar-refractivity contribution in [3.63, 3.8) is 0 Å². The molecule has 1 heterocycles. The van der Waals surface area contributed by atoms with Gasteiger partial charge in [0.1, 0.15) is 13.2 Å². The van der Waals surface area contributed by atoms with Crippen LogP contribution >= 0.6 is 0 Å². The molecule has 0 unspecified atom stereocenters. The van der Waals surface area contributed by atoms with E-state index in [9.17, 15) is 9.59 Å². The average molecular weight is 550 g/mol. The maximum atomic E-state index is 12.4. The Morgan fingerprint density at radius 1 is 1.37 bits per heavy atom. The maximum Gasteiger partial charge on any atom is 0.249 e. The quantitative estimate of drug-likeness (QED) is 0.246. The molecule has 1 aromatic heterocycles. The van der Waals surface area contributed by atoms with Crippen LogP contribution in [-0.2, 0) is 37.2 Å². The second-order valence-corrected chi connectivity index (χ2v) is 7.70. The number of nitrogens with two attached hydrogens (primary N) is 2. The first-order valence-corrected chi connectivity index (χ1v) is 8.13. The van der Waals surface area contributed by atoms with Crippen molar-refractivity contribution in [1.82, 2.24) is 14.9 Å². The number of hydrogen-bond donors (Lipinski definition) is 3. The van der Waals surface area contributed by atoms with Crippen molar-refractivity contribution in [1.29, 1.82) is 0 Å². The van der Waals surface area contributed by atoms with Gasteiger partial charge in [-0.2, -0.15) is 0 Å². The van der Waals surface area contributed by atoms with E-state index in [1.54, 1.807) is 6.92 Å². The monoisotopic (exact) mass is 550 g/mol. The molecule has 0 spiro atoms. The number of hydrogen-bond acceptors (Lipinski definition) is 5. The molecular weight excluding hydrogens is 522 g/mol. The number of carbonyl (C=O) groups excluding carboxylic acids is 1. The largest absolute Gasteiger partial charge is 0.478 e. The van der Waals surface area contributed by atoms with E-state index in [1.165, 1.54) is 10.8 Å². The number of carbonyl (C=O) groups is 1. The van der Waals surface area contributed by atoms with Crippen LogP contribution in [0.3, 0.4) is 0 Å². The molecule has 0 saturated heterocycles. The zero-order valence-corrected chi connectivity index (χ0v) is 19.3. The number of nitrogens with one attached hydrogen (secondary N) is 2. The van der Waals surface area contributed by atoms with E-state index < -0.39 is 11.1 Å². The van der Waals surface area contributed by atoms with Crippen molar-refractivity contribution >= 4 is 17.7 Å². The van der Waals surface area contributed by atoms with Gasteiger partial charge in [0.2, 0.25) is 17.4 Å². The van der Waals surface area contributed by atoms with Gasteiger partial charge in [0.15, 0.2) is 0 Å². The summed E-state index contributed by atoms with van der Waals surface area (Å²) in [7, 11) is 0. The van der Waals surface area contributed by atoms with Crippen LogP contribution in [0.2, 0.25) is 0 Å². The van der Waals surface area contributed by atoms with Crippen molar-refractivity contribution in [2.75, 3.05) is 6.61 Å². The Hall–Kier alpha value is -2.09. The van der Waals surface area contributed by atoms with Crippen LogP contribution in [0.25, 0.3) is 5.73 Å². The molecule has 0 bridgehead atoms. The van der Waals surface area contributed by atoms with Gasteiger partial charge in [-0.3, -0.25) is 9.59 Å². The van der Waals surface area contributed by atoms with Crippen LogP contribution < -0.4 is 22.3 Å². The third-order valence-electron chi connectivity index (χ3n) is 3.58. The van der Waals surface area contributed by atoms with Crippen molar-refractivity contribution in [3.8, 4) is 0 Å². The first kappa shape index (κ1) is 24.9. The Kier molecular flexibility index (Phi) is 8.98. The van der Waals surface area contributed by atoms with Gasteiger partial charge in [0.05, 0.1) is 0 Å². The Morgan fingerprint density at radius 2 is 1.96 bits per heavy atom. The molecule has 1 aromatic rings. The summed E-state index contributed by atoms with van der Waals surface area (Å²) in [5.74, 6) is -0.868. The fraction of sp³-hybridized carbons (Fsp3) is 0.625. The zero-order valence-electron chi connectivity index (χ0n) is 16.3. The third kappa shape index (κ3) is 8.42. The first-order chi connectivity index (χ1) is 11.8. The third-order valence-corrected chi connectivity index (χ3v) is 3.58. The molecule has 11 heteroatoms. The normalized spacial score (nSPS) is 11.3. The number of aromatic nitrogens is 2. The zero-order chi connectivity index (χ0) is 20.1. The number of aryl methyl sites for hydroxylation is 1. The van der Waals surface area contributed by atoms with Crippen molar-refractivity contribution in [2.45, 2.75) is 53.1 Å². The van der Waals surface area contributed by atoms with Gasteiger partial charge in [-0.15, -0.1) is 0 Å². The molecule has 1 amide bonds. The summed E-state index contributed by atoms with van der Waals surface area (Å²) in [6, 6.07) is 0. The minimum Gasteiger partial charge on any atom is -0.478 e. The van der Waals surface area contributed by atoms with E-state index in [4.69, 9.17) is 22.0 Å². The topological polar surface area (TPSA) is 161 Å². The molecule has 10 nitrogen and oxygen atoms in total. The summed E-state index contributed by atoms with van der Waals surface area (Å²) >= 11 is 0. The predicted octanol–water partition coefficient (Wildman–Crippen LogP) is 0.749. The molecule has 27 heavy (non-hydrogen) atoms. The molecular formula is C16H28N7O3W-. The van der Waals surface area contributed by atoms with Gasteiger partial charge in [0.25, 0.3) is 0 Å². The van der Waals surface area contributed by atoms with Gasteiger partial charge in [-0.25, -0.2) is 0 Å². The summed E-state index contributed by atoms with van der Waals surface area (Å²) in [5.41, 5.74) is 17.0. The molecule has 152 valence electrons. The van der Waals surface area contributed by atoms with Crippen LogP contribution in [0.4, 0.5) is 5.82 Å². The van der Waals surface area contributed by atoms with Crippen molar-refractivity contribution < 1.29 is 30.7 Å². The van der Waals surface area contributed by atoms with Crippen LogP contribution in [0.1, 0.15) is 39.8 Å². The van der Waals surface area contributed by atoms with Crippen LogP contribution in [0.5, 0.6) is 0 Å². The van der Waals surface area contributed by atoms with Gasteiger partial charge < -0.3 is 36.9 Å². The Bertz CT molecular complexity index is 740. The van der Waals surface area contributed by atoms with Crippen molar-refractivity contribution in [3.05, 3.63) is 28.0 Å². The molecule has 0 aliphatic heterocycles. The standard InChI is InChI=1S/C16H29N7O3.W/c1-10-6-20-12(17)13(25)23(10)7-11(24)21-16(4,5)8-15(2,3)9-26-22-14(18)19;/h6H,7-9H2,1-5H3,(H7,17,18,19,20,21,22,24);/p-1. The van der Waals surface area contributed by atoms with E-state index in [0.717, 1.165) is 0 Å². The van der Waals surface area contributed by atoms with E-state index in [-0.39, 0.29) is 57.3 Å². The minimum absolute atomic E-state index is 0. The molecule has 0 aromatic carbocycles. The number of rotatable bonds is 8. The summed E-state index contributed by atoms with van der Waals surface area (Å²) in [6.07, 6.45) is 1.98. The molecule has 0 aliphatic rings. The van der Waals surface area contributed by atoms with E-state index >= 15 is 0 Å². The minimum atomic E-state index is -0.594. The number of nitrogens with zero attached hydrogens (tertiary/aromatic N) is 3. The van der Waals surface area contributed by atoms with Crippen LogP contribution in [-0.4, -0.2) is 33.6 Å². The Labute approximate surface area is 173 Å². The van der Waals surface area contributed by atoms with E-state index in [1.807, 2.05) is 27.7 Å². The summed E-state index contributed by atoms with van der Waals surface area (Å²) < 4.78 is 1.23. The molecule has 0 radical (unpaired) electrons. The Balaban J connectivity index is 0.00000676. The van der Waals surface area contributed by atoms with Gasteiger partial charge >= 0.3 is 0 Å². The van der Waals surface area contributed by atoms with Crippen LogP contribution in [0.15, 0.2) is 16.1 Å². The molecule has 6 N–H and O–H groups in total. The fourth-order valence-corrected chi connectivity index (χ4v) is 2.90. The van der Waals surface area contributed by atoms with E-state index in [2.05, 4.69) is 15.5 Å². The maximum absolute atomic E-state index is 12.4. The Morgan fingerprint density at radius 3 is 2.52 bits per heavy atom. The molecule has 0 atom stereocenters. The second kappa shape index (κ2) is 9.73. The average Bonchev–Trinajstić information content (AvgIpc) is 2.45. The number of amides is 1. The summed E-state index contributed by atoms with van der Waals surface area (Å²) in [6.45, 7) is 9.45. The first-order valence-electron chi connectivity index (χ1n) is 8.13. The smallest absolute Gasteiger partial charge is 0.249 e. The summed E-state index contributed by atoms with van der Waals surface area (Å²) in [4.78, 5) is 33.1. The SMILES string of the molecule is Cc1cnc([NH-])c(=O)n1CC(=O)NC(C)(C)CC(C)(C)CON=C(N)N.[W]. The fourth-order valence-electron chi connectivity index (χ4n) is 2.90. The van der Waals surface area contributed by atoms with E-state index in [0.29, 0.717) is 12.1 Å². The van der Waals surface area contributed by atoms with Gasteiger partial charge in [0, 0.05) is 43.5 Å². The second-order valence-electron chi connectivity index (χ2n) is 7.70. The predicted molar refractivity (Wildman–Crippen MR) is 99.6 cm³/mol. The molecule has 0 fully saturated rings. The van der Waals surface area contributed by atoms with Crippen molar-refractivity contribution in [2.24, 2.45) is 22.0 Å². The molecule has 0 aliphatic carbocycles. The van der Waals surface area contributed by atoms with Gasteiger partial charge in [-0.05, 0) is 32.3 Å². The molecule has 1 rings (SSSR count). The van der Waals surface area contributed by atoms with Gasteiger partial charge in [-0.1, -0.05) is 20.0 Å². The summed E-state index contributed by atoms with van der Waals surface area (Å²) in [5, 5.41) is 6.42. The molecule has 0 saturated carbocycles. The van der Waals surface area contributed by atoms with Crippen LogP contribution in [0, 0.1) is 12.3 Å². The number of guanidine groups is 1. The number of oxime groups is 1.